The van der Waals surface area contributed by atoms with Gasteiger partial charge in [0.15, 0.2) is 0 Å². The quantitative estimate of drug-likeness (QED) is 0.811. The third-order valence-corrected chi connectivity index (χ3v) is 2.21. The first-order chi connectivity index (χ1) is 7.63. The summed E-state index contributed by atoms with van der Waals surface area (Å²) in [5, 5.41) is 12.7. The second-order valence-electron chi connectivity index (χ2n) is 3.32. The predicted octanol–water partition coefficient (Wildman–Crippen LogP) is 2.29. The minimum absolute atomic E-state index is 0.220. The fraction of sp³-hybridized carbons (Fsp3) is 0.455. The molecule has 0 bridgehead atoms. The molecule has 0 spiro atoms. The molecule has 0 saturated carbocycles. The molecule has 0 aliphatic carbocycles. The van der Waals surface area contributed by atoms with E-state index in [0.29, 0.717) is 11.6 Å². The van der Waals surface area contributed by atoms with Crippen LogP contribution in [0.15, 0.2) is 18.2 Å². The number of rotatable bonds is 6. The third kappa shape index (κ3) is 4.35. The van der Waals surface area contributed by atoms with Crippen LogP contribution in [0.25, 0.3) is 0 Å². The molecule has 1 rings (SSSR count). The Balaban J connectivity index is 2.44. The van der Waals surface area contributed by atoms with Gasteiger partial charge in [0.1, 0.15) is 5.82 Å². The van der Waals surface area contributed by atoms with E-state index in [-0.39, 0.29) is 18.8 Å². The number of ether oxygens (including phenoxy) is 1. The third-order valence-electron chi connectivity index (χ3n) is 1.97. The summed E-state index contributed by atoms with van der Waals surface area (Å²) in [6, 6.07) is 4.22. The average molecular weight is 248 g/mol. The summed E-state index contributed by atoms with van der Waals surface area (Å²) in [6.45, 7) is 2.84. The molecule has 2 N–H and O–H groups in total. The van der Waals surface area contributed by atoms with Gasteiger partial charge in [0.05, 0.1) is 18.4 Å². The highest BCUT2D eigenvalue weighted by Crippen LogP contribution is 2.19. The number of aliphatic hydroxyl groups is 1. The molecule has 90 valence electrons. The highest BCUT2D eigenvalue weighted by atomic mass is 35.5. The van der Waals surface area contributed by atoms with Gasteiger partial charge in [-0.25, -0.2) is 4.39 Å². The van der Waals surface area contributed by atoms with E-state index in [0.717, 1.165) is 0 Å². The summed E-state index contributed by atoms with van der Waals surface area (Å²) >= 11 is 5.72. The van der Waals surface area contributed by atoms with Gasteiger partial charge in [-0.3, -0.25) is 0 Å². The van der Waals surface area contributed by atoms with E-state index in [1.165, 1.54) is 18.2 Å². The predicted molar refractivity (Wildman–Crippen MR) is 62.4 cm³/mol. The summed E-state index contributed by atoms with van der Waals surface area (Å²) < 4.78 is 18.3. The van der Waals surface area contributed by atoms with E-state index in [1.807, 2.05) is 6.92 Å². The zero-order valence-corrected chi connectivity index (χ0v) is 9.80. The largest absolute Gasteiger partial charge is 0.389 e. The Morgan fingerprint density at radius 3 is 3.00 bits per heavy atom. The number of aliphatic hydroxyl groups excluding tert-OH is 1. The minimum Gasteiger partial charge on any atom is -0.389 e. The van der Waals surface area contributed by atoms with Crippen LogP contribution in [0.2, 0.25) is 5.02 Å². The highest BCUT2D eigenvalue weighted by molar-refractivity contribution is 6.30. The fourth-order valence-electron chi connectivity index (χ4n) is 1.17. The molecule has 0 aliphatic heterocycles. The first-order valence-corrected chi connectivity index (χ1v) is 5.46. The van der Waals surface area contributed by atoms with Crippen molar-refractivity contribution in [3.63, 3.8) is 0 Å². The van der Waals surface area contributed by atoms with E-state index in [9.17, 15) is 9.50 Å². The van der Waals surface area contributed by atoms with Gasteiger partial charge in [-0.05, 0) is 25.1 Å². The maximum atomic E-state index is 13.2. The van der Waals surface area contributed by atoms with Crippen LogP contribution in [0.1, 0.15) is 6.92 Å². The van der Waals surface area contributed by atoms with Crippen LogP contribution in [-0.4, -0.2) is 31.0 Å². The molecule has 0 fully saturated rings. The lowest BCUT2D eigenvalue weighted by Crippen LogP contribution is -2.25. The van der Waals surface area contributed by atoms with E-state index in [4.69, 9.17) is 16.3 Å². The van der Waals surface area contributed by atoms with Crippen LogP contribution in [-0.2, 0) is 4.74 Å². The van der Waals surface area contributed by atoms with Crippen molar-refractivity contribution < 1.29 is 14.2 Å². The molecule has 16 heavy (non-hydrogen) atoms. The standard InChI is InChI=1S/C11H15ClFNO2/c1-2-16-7-9(15)6-14-11-5-8(12)3-4-10(11)13/h3-5,9,14-15H,2,6-7H2,1H3. The molecule has 0 aliphatic rings. The van der Waals surface area contributed by atoms with Crippen molar-refractivity contribution in [3.05, 3.63) is 29.0 Å². The first-order valence-electron chi connectivity index (χ1n) is 5.08. The number of halogens is 2. The molecule has 3 nitrogen and oxygen atoms in total. The molecule has 1 aromatic carbocycles. The highest BCUT2D eigenvalue weighted by Gasteiger charge is 2.06. The van der Waals surface area contributed by atoms with E-state index in [2.05, 4.69) is 5.32 Å². The number of hydrogen-bond acceptors (Lipinski definition) is 3. The monoisotopic (exact) mass is 247 g/mol. The molecule has 1 aromatic rings. The molecule has 0 heterocycles. The van der Waals surface area contributed by atoms with Crippen molar-refractivity contribution in [1.82, 2.24) is 0 Å². The van der Waals surface area contributed by atoms with Crippen LogP contribution in [0.4, 0.5) is 10.1 Å². The van der Waals surface area contributed by atoms with Crippen LogP contribution < -0.4 is 5.32 Å². The second-order valence-corrected chi connectivity index (χ2v) is 3.75. The summed E-state index contributed by atoms with van der Waals surface area (Å²) in [7, 11) is 0. The molecule has 1 atom stereocenters. The van der Waals surface area contributed by atoms with Crippen LogP contribution in [0.3, 0.4) is 0 Å². The molecule has 5 heteroatoms. The summed E-state index contributed by atoms with van der Waals surface area (Å²) in [6.07, 6.45) is -0.668. The average Bonchev–Trinajstić information content (AvgIpc) is 2.27. The lowest BCUT2D eigenvalue weighted by Gasteiger charge is -2.13. The van der Waals surface area contributed by atoms with Crippen LogP contribution in [0, 0.1) is 5.82 Å². The maximum Gasteiger partial charge on any atom is 0.146 e. The summed E-state index contributed by atoms with van der Waals surface area (Å²) in [4.78, 5) is 0. The van der Waals surface area contributed by atoms with Crippen LogP contribution >= 0.6 is 11.6 Å². The smallest absolute Gasteiger partial charge is 0.146 e. The SMILES string of the molecule is CCOCC(O)CNc1cc(Cl)ccc1F. The van der Waals surface area contributed by atoms with Crippen molar-refractivity contribution in [2.24, 2.45) is 0 Å². The van der Waals surface area contributed by atoms with Crippen molar-refractivity contribution in [2.45, 2.75) is 13.0 Å². The molecule has 0 amide bonds. The Labute approximate surface area is 99.2 Å². The number of benzene rings is 1. The zero-order chi connectivity index (χ0) is 12.0. The lowest BCUT2D eigenvalue weighted by molar-refractivity contribution is 0.0495. The van der Waals surface area contributed by atoms with Crippen molar-refractivity contribution in [3.8, 4) is 0 Å². The lowest BCUT2D eigenvalue weighted by atomic mass is 10.3. The maximum absolute atomic E-state index is 13.2. The second kappa shape index (κ2) is 6.68. The number of nitrogens with one attached hydrogen (secondary N) is 1. The molecule has 0 saturated heterocycles. The Bertz CT molecular complexity index is 336. The van der Waals surface area contributed by atoms with Crippen molar-refractivity contribution in [2.75, 3.05) is 25.1 Å². The minimum atomic E-state index is -0.668. The molecule has 1 unspecified atom stereocenters. The Hall–Kier alpha value is -0.840. The van der Waals surface area contributed by atoms with Gasteiger partial charge >= 0.3 is 0 Å². The zero-order valence-electron chi connectivity index (χ0n) is 9.04. The summed E-state index contributed by atoms with van der Waals surface area (Å²) in [5.74, 6) is -0.395. The van der Waals surface area contributed by atoms with Gasteiger partial charge in [0, 0.05) is 18.2 Å². The topological polar surface area (TPSA) is 41.5 Å². The molecule has 0 aromatic heterocycles. The van der Waals surface area contributed by atoms with Crippen LogP contribution in [0.5, 0.6) is 0 Å². The van der Waals surface area contributed by atoms with Gasteiger partial charge < -0.3 is 15.2 Å². The molecular formula is C11H15ClFNO2. The van der Waals surface area contributed by atoms with E-state index in [1.54, 1.807) is 0 Å². The van der Waals surface area contributed by atoms with Gasteiger partial charge in [-0.2, -0.15) is 0 Å². The number of anilines is 1. The molecule has 0 radical (unpaired) electrons. The Morgan fingerprint density at radius 2 is 2.31 bits per heavy atom. The van der Waals surface area contributed by atoms with E-state index < -0.39 is 11.9 Å². The first kappa shape index (κ1) is 13.2. The fourth-order valence-corrected chi connectivity index (χ4v) is 1.35. The van der Waals surface area contributed by atoms with Crippen molar-refractivity contribution in [1.29, 1.82) is 0 Å². The Kier molecular flexibility index (Phi) is 5.52. The summed E-state index contributed by atoms with van der Waals surface area (Å²) in [5.41, 5.74) is 0.281. The van der Waals surface area contributed by atoms with Gasteiger partial charge in [0.2, 0.25) is 0 Å². The number of hydrogen-bond donors (Lipinski definition) is 2. The molecular weight excluding hydrogens is 233 g/mol. The Morgan fingerprint density at radius 1 is 1.56 bits per heavy atom. The normalized spacial score (nSPS) is 12.5. The van der Waals surface area contributed by atoms with E-state index >= 15 is 0 Å². The van der Waals surface area contributed by atoms with Crippen molar-refractivity contribution >= 4 is 17.3 Å². The van der Waals surface area contributed by atoms with Gasteiger partial charge in [-0.15, -0.1) is 0 Å². The van der Waals surface area contributed by atoms with Gasteiger partial charge in [0.25, 0.3) is 0 Å². The van der Waals surface area contributed by atoms with Gasteiger partial charge in [-0.1, -0.05) is 11.6 Å².